The van der Waals surface area contributed by atoms with Crippen molar-refractivity contribution in [1.29, 1.82) is 0 Å². The van der Waals surface area contributed by atoms with Crippen LogP contribution in [0.3, 0.4) is 0 Å². The van der Waals surface area contributed by atoms with E-state index in [2.05, 4.69) is 6.58 Å². The van der Waals surface area contributed by atoms with Crippen LogP contribution in [0, 0.1) is 10.8 Å². The van der Waals surface area contributed by atoms with E-state index in [0.717, 1.165) is 0 Å². The topological polar surface area (TPSA) is 74.6 Å². The Balaban J connectivity index is 3.05. The summed E-state index contributed by atoms with van der Waals surface area (Å²) in [6, 6.07) is 0. The summed E-state index contributed by atoms with van der Waals surface area (Å²) in [4.78, 5) is 21.3. The van der Waals surface area contributed by atoms with E-state index in [9.17, 15) is 9.59 Å². The van der Waals surface area contributed by atoms with Crippen molar-refractivity contribution in [3.63, 3.8) is 0 Å². The van der Waals surface area contributed by atoms with Crippen LogP contribution in [0.1, 0.15) is 13.3 Å². The zero-order valence-electron chi connectivity index (χ0n) is 6.70. The molecule has 12 heavy (non-hydrogen) atoms. The van der Waals surface area contributed by atoms with Gasteiger partial charge in [-0.2, -0.15) is 0 Å². The largest absolute Gasteiger partial charge is 0.480 e. The second-order valence-electron chi connectivity index (χ2n) is 3.31. The molecule has 1 saturated carbocycles. The summed E-state index contributed by atoms with van der Waals surface area (Å²) in [5.74, 6) is -2.56. The summed E-state index contributed by atoms with van der Waals surface area (Å²) in [5.41, 5.74) is -2.42. The van der Waals surface area contributed by atoms with Crippen LogP contribution in [0.15, 0.2) is 12.7 Å². The predicted octanol–water partition coefficient (Wildman–Crippen LogP) is 0.738. The molecule has 1 atom stereocenters. The normalized spacial score (nSPS) is 30.8. The van der Waals surface area contributed by atoms with Gasteiger partial charge in [-0.1, -0.05) is 13.0 Å². The van der Waals surface area contributed by atoms with Gasteiger partial charge in [0, 0.05) is 5.41 Å². The summed E-state index contributed by atoms with van der Waals surface area (Å²) in [6.07, 6.45) is 1.53. The molecule has 4 nitrogen and oxygen atoms in total. The van der Waals surface area contributed by atoms with Gasteiger partial charge in [-0.15, -0.1) is 6.58 Å². The van der Waals surface area contributed by atoms with Crippen LogP contribution in [0.2, 0.25) is 0 Å². The maximum Gasteiger partial charge on any atom is 0.321 e. The molecule has 0 spiro atoms. The van der Waals surface area contributed by atoms with Crippen molar-refractivity contribution < 1.29 is 19.8 Å². The van der Waals surface area contributed by atoms with Gasteiger partial charge in [0.2, 0.25) is 0 Å². The summed E-state index contributed by atoms with van der Waals surface area (Å²) in [7, 11) is 0. The molecule has 0 aromatic rings. The predicted molar refractivity (Wildman–Crippen MR) is 40.6 cm³/mol. The zero-order chi connectivity index (χ0) is 9.57. The highest BCUT2D eigenvalue weighted by atomic mass is 16.4. The molecule has 0 aromatic heterocycles. The molecule has 2 N–H and O–H groups in total. The molecular weight excluding hydrogens is 160 g/mol. The standard InChI is InChI=1S/C8H10O4/c1-3-7(2)4-8(7,5(9)10)6(11)12/h3H,1,4H2,2H3,(H,9,10)(H,11,12). The molecule has 1 aliphatic rings. The summed E-state index contributed by atoms with van der Waals surface area (Å²) >= 11 is 0. The Labute approximate surface area is 69.5 Å². The van der Waals surface area contributed by atoms with Crippen molar-refractivity contribution in [3.8, 4) is 0 Å². The lowest BCUT2D eigenvalue weighted by Gasteiger charge is -2.09. The molecule has 0 bridgehead atoms. The van der Waals surface area contributed by atoms with E-state index < -0.39 is 22.8 Å². The van der Waals surface area contributed by atoms with Gasteiger partial charge in [-0.05, 0) is 6.42 Å². The maximum absolute atomic E-state index is 10.7. The molecule has 0 amide bonds. The number of carboxylic acid groups (broad SMARTS) is 2. The van der Waals surface area contributed by atoms with Crippen LogP contribution in [0.4, 0.5) is 0 Å². The first-order valence-corrected chi connectivity index (χ1v) is 3.51. The van der Waals surface area contributed by atoms with Crippen LogP contribution >= 0.6 is 0 Å². The Bertz CT molecular complexity index is 254. The number of carboxylic acids is 2. The van der Waals surface area contributed by atoms with Gasteiger partial charge in [-0.3, -0.25) is 9.59 Å². The van der Waals surface area contributed by atoms with Gasteiger partial charge < -0.3 is 10.2 Å². The Morgan fingerprint density at radius 2 is 1.83 bits per heavy atom. The summed E-state index contributed by atoms with van der Waals surface area (Å²) in [6.45, 7) is 5.01. The minimum atomic E-state index is -1.63. The fourth-order valence-corrected chi connectivity index (χ4v) is 1.48. The van der Waals surface area contributed by atoms with E-state index in [4.69, 9.17) is 10.2 Å². The van der Waals surface area contributed by atoms with Gasteiger partial charge in [0.05, 0.1) is 0 Å². The summed E-state index contributed by atoms with van der Waals surface area (Å²) in [5, 5.41) is 17.4. The SMILES string of the molecule is C=CC1(C)CC1(C(=O)O)C(=O)O. The van der Waals surface area contributed by atoms with Crippen LogP contribution in [-0.4, -0.2) is 22.2 Å². The molecule has 0 saturated heterocycles. The molecule has 1 rings (SSSR count). The lowest BCUT2D eigenvalue weighted by Crippen LogP contribution is -2.30. The molecular formula is C8H10O4. The fourth-order valence-electron chi connectivity index (χ4n) is 1.48. The van der Waals surface area contributed by atoms with E-state index in [1.54, 1.807) is 6.92 Å². The highest BCUT2D eigenvalue weighted by Gasteiger charge is 2.73. The molecule has 0 aliphatic heterocycles. The van der Waals surface area contributed by atoms with Crippen molar-refractivity contribution in [2.45, 2.75) is 13.3 Å². The van der Waals surface area contributed by atoms with Gasteiger partial charge in [-0.25, -0.2) is 0 Å². The number of hydrogen-bond acceptors (Lipinski definition) is 2. The third-order valence-electron chi connectivity index (χ3n) is 2.66. The van der Waals surface area contributed by atoms with Crippen molar-refractivity contribution in [1.82, 2.24) is 0 Å². The van der Waals surface area contributed by atoms with Crippen molar-refractivity contribution >= 4 is 11.9 Å². The summed E-state index contributed by atoms with van der Waals surface area (Å²) < 4.78 is 0. The lowest BCUT2D eigenvalue weighted by atomic mass is 9.95. The Kier molecular flexibility index (Phi) is 1.53. The van der Waals surface area contributed by atoms with E-state index >= 15 is 0 Å². The molecule has 66 valence electrons. The number of carbonyl (C=O) groups is 2. The minimum Gasteiger partial charge on any atom is -0.480 e. The Morgan fingerprint density at radius 3 is 1.92 bits per heavy atom. The van der Waals surface area contributed by atoms with E-state index in [1.165, 1.54) is 6.08 Å². The highest BCUT2D eigenvalue weighted by Crippen LogP contribution is 2.64. The van der Waals surface area contributed by atoms with Gasteiger partial charge >= 0.3 is 11.9 Å². The van der Waals surface area contributed by atoms with Crippen molar-refractivity contribution in [2.75, 3.05) is 0 Å². The van der Waals surface area contributed by atoms with Crippen LogP contribution in [0.25, 0.3) is 0 Å². The average Bonchev–Trinajstić information content (AvgIpc) is 2.59. The Hall–Kier alpha value is -1.32. The highest BCUT2D eigenvalue weighted by molar-refractivity contribution is 6.03. The molecule has 0 radical (unpaired) electrons. The molecule has 1 aliphatic carbocycles. The number of hydrogen-bond donors (Lipinski definition) is 2. The molecule has 1 unspecified atom stereocenters. The van der Waals surface area contributed by atoms with E-state index in [-0.39, 0.29) is 6.42 Å². The number of allylic oxidation sites excluding steroid dienone is 1. The number of aliphatic carboxylic acids is 2. The van der Waals surface area contributed by atoms with Crippen LogP contribution in [-0.2, 0) is 9.59 Å². The first-order valence-electron chi connectivity index (χ1n) is 3.51. The third-order valence-corrected chi connectivity index (χ3v) is 2.66. The first-order chi connectivity index (χ1) is 5.40. The monoisotopic (exact) mass is 170 g/mol. The quantitative estimate of drug-likeness (QED) is 0.484. The van der Waals surface area contributed by atoms with Gasteiger partial charge in [0.1, 0.15) is 0 Å². The second-order valence-corrected chi connectivity index (χ2v) is 3.31. The molecule has 0 heterocycles. The maximum atomic E-state index is 10.7. The number of rotatable bonds is 3. The molecule has 0 aromatic carbocycles. The third kappa shape index (κ3) is 0.719. The first kappa shape index (κ1) is 8.77. The molecule has 4 heteroatoms. The van der Waals surface area contributed by atoms with Gasteiger partial charge in [0.25, 0.3) is 0 Å². The van der Waals surface area contributed by atoms with Gasteiger partial charge in [0.15, 0.2) is 5.41 Å². The van der Waals surface area contributed by atoms with Crippen molar-refractivity contribution in [2.24, 2.45) is 10.8 Å². The second kappa shape index (κ2) is 2.09. The molecule has 1 fully saturated rings. The van der Waals surface area contributed by atoms with Crippen molar-refractivity contribution in [3.05, 3.63) is 12.7 Å². The average molecular weight is 170 g/mol. The van der Waals surface area contributed by atoms with Crippen LogP contribution < -0.4 is 0 Å². The zero-order valence-corrected chi connectivity index (χ0v) is 6.70. The van der Waals surface area contributed by atoms with E-state index in [1.807, 2.05) is 0 Å². The Morgan fingerprint density at radius 1 is 1.42 bits per heavy atom. The smallest absolute Gasteiger partial charge is 0.321 e. The fraction of sp³-hybridized carbons (Fsp3) is 0.500. The van der Waals surface area contributed by atoms with Crippen LogP contribution in [0.5, 0.6) is 0 Å². The minimum absolute atomic E-state index is 0.133. The van der Waals surface area contributed by atoms with E-state index in [0.29, 0.717) is 0 Å². The lowest BCUT2D eigenvalue weighted by molar-refractivity contribution is -0.158.